The van der Waals surface area contributed by atoms with Gasteiger partial charge in [0.1, 0.15) is 17.3 Å². The van der Waals surface area contributed by atoms with Crippen LogP contribution >= 0.6 is 0 Å². The Hall–Kier alpha value is -3.48. The van der Waals surface area contributed by atoms with Crippen LogP contribution in [-0.2, 0) is 6.54 Å². The highest BCUT2D eigenvalue weighted by molar-refractivity contribution is 5.84. The topological polar surface area (TPSA) is 70.9 Å². The quantitative estimate of drug-likeness (QED) is 0.580. The van der Waals surface area contributed by atoms with Crippen LogP contribution in [0, 0.1) is 18.6 Å². The highest BCUT2D eigenvalue weighted by atomic mass is 19.1. The maximum atomic E-state index is 14.2. The predicted octanol–water partition coefficient (Wildman–Crippen LogP) is 3.73. The van der Waals surface area contributed by atoms with Gasteiger partial charge in [0.15, 0.2) is 5.75 Å². The lowest BCUT2D eigenvalue weighted by atomic mass is 10.1. The molecule has 0 aliphatic rings. The Bertz CT molecular complexity index is 1190. The highest BCUT2D eigenvalue weighted by Crippen LogP contribution is 2.31. The van der Waals surface area contributed by atoms with Crippen molar-refractivity contribution < 1.29 is 13.9 Å². The summed E-state index contributed by atoms with van der Waals surface area (Å²) in [7, 11) is 0. The monoisotopic (exact) mass is 367 g/mol. The minimum absolute atomic E-state index is 0.184. The van der Waals surface area contributed by atoms with Gasteiger partial charge in [-0.2, -0.15) is 5.10 Å². The third-order valence-corrected chi connectivity index (χ3v) is 4.44. The van der Waals surface area contributed by atoms with Gasteiger partial charge in [-0.25, -0.2) is 13.5 Å². The first-order chi connectivity index (χ1) is 13.0. The van der Waals surface area contributed by atoms with Crippen molar-refractivity contribution in [2.75, 3.05) is 0 Å². The van der Waals surface area contributed by atoms with Gasteiger partial charge in [-0.3, -0.25) is 4.79 Å². The molecule has 0 radical (unpaired) electrons. The Morgan fingerprint density at radius 2 is 1.74 bits per heavy atom. The molecular formula is C20H15F2N3O2. The van der Waals surface area contributed by atoms with Crippen LogP contribution in [0.15, 0.2) is 53.3 Å². The van der Waals surface area contributed by atoms with Crippen LogP contribution in [0.5, 0.6) is 5.75 Å². The first kappa shape index (κ1) is 17.0. The van der Waals surface area contributed by atoms with Gasteiger partial charge in [0.05, 0.1) is 28.9 Å². The fourth-order valence-corrected chi connectivity index (χ4v) is 3.18. The first-order valence-corrected chi connectivity index (χ1v) is 8.28. The van der Waals surface area contributed by atoms with E-state index in [1.165, 1.54) is 6.07 Å². The van der Waals surface area contributed by atoms with Crippen LogP contribution in [0.4, 0.5) is 8.78 Å². The molecule has 2 aromatic carbocycles. The van der Waals surface area contributed by atoms with Gasteiger partial charge in [0.25, 0.3) is 0 Å². The fraction of sp³-hybridized carbons (Fsp3) is 0.100. The number of hydrogen-bond acceptors (Lipinski definition) is 3. The van der Waals surface area contributed by atoms with E-state index in [0.717, 1.165) is 17.7 Å². The fourth-order valence-electron chi connectivity index (χ4n) is 3.18. The van der Waals surface area contributed by atoms with Crippen LogP contribution in [0.2, 0.25) is 0 Å². The van der Waals surface area contributed by atoms with E-state index in [9.17, 15) is 18.7 Å². The molecule has 0 aliphatic heterocycles. The third kappa shape index (κ3) is 2.77. The molecule has 2 heterocycles. The van der Waals surface area contributed by atoms with Gasteiger partial charge in [-0.05, 0) is 24.6 Å². The molecule has 0 aliphatic carbocycles. The van der Waals surface area contributed by atoms with Gasteiger partial charge >= 0.3 is 0 Å². The Balaban J connectivity index is 1.99. The van der Waals surface area contributed by atoms with E-state index < -0.39 is 28.4 Å². The molecule has 0 saturated carbocycles. The molecule has 0 amide bonds. The molecule has 0 saturated heterocycles. The molecule has 0 spiro atoms. The summed E-state index contributed by atoms with van der Waals surface area (Å²) in [5, 5.41) is 14.8. The van der Waals surface area contributed by atoms with Crippen LogP contribution < -0.4 is 5.43 Å². The van der Waals surface area contributed by atoms with Crippen molar-refractivity contribution in [1.29, 1.82) is 0 Å². The van der Waals surface area contributed by atoms with Gasteiger partial charge in [-0.15, -0.1) is 0 Å². The SMILES string of the molecule is Cc1nn(Cc2ccccc2)c2[nH]c(-c3c(F)cccc3F)c(O)c(=O)c12. The van der Waals surface area contributed by atoms with Crippen molar-refractivity contribution >= 4 is 11.0 Å². The number of benzene rings is 2. The lowest BCUT2D eigenvalue weighted by Crippen LogP contribution is -2.09. The number of aryl methyl sites for hydroxylation is 1. The maximum absolute atomic E-state index is 14.2. The lowest BCUT2D eigenvalue weighted by Gasteiger charge is -2.09. The minimum atomic E-state index is -0.883. The van der Waals surface area contributed by atoms with E-state index in [1.807, 2.05) is 30.3 Å². The number of nitrogens with zero attached hydrogens (tertiary/aromatic N) is 2. The number of halogens is 2. The minimum Gasteiger partial charge on any atom is -0.503 e. The van der Waals surface area contributed by atoms with Crippen molar-refractivity contribution in [1.82, 2.24) is 14.8 Å². The molecule has 2 aromatic heterocycles. The summed E-state index contributed by atoms with van der Waals surface area (Å²) >= 11 is 0. The zero-order valence-corrected chi connectivity index (χ0v) is 14.3. The molecule has 7 heteroatoms. The summed E-state index contributed by atoms with van der Waals surface area (Å²) in [6.07, 6.45) is 0. The third-order valence-electron chi connectivity index (χ3n) is 4.44. The number of aromatic amines is 1. The number of pyridine rings is 1. The summed E-state index contributed by atoms with van der Waals surface area (Å²) in [5.74, 6) is -2.51. The summed E-state index contributed by atoms with van der Waals surface area (Å²) in [4.78, 5) is 15.5. The summed E-state index contributed by atoms with van der Waals surface area (Å²) in [5.41, 5.74) is 0.124. The average molecular weight is 367 g/mol. The number of aromatic nitrogens is 3. The predicted molar refractivity (Wildman–Crippen MR) is 97.7 cm³/mol. The molecule has 27 heavy (non-hydrogen) atoms. The van der Waals surface area contributed by atoms with Gasteiger partial charge in [-0.1, -0.05) is 36.4 Å². The van der Waals surface area contributed by atoms with E-state index in [1.54, 1.807) is 11.6 Å². The van der Waals surface area contributed by atoms with Crippen molar-refractivity contribution in [2.45, 2.75) is 13.5 Å². The molecule has 0 atom stereocenters. The zero-order valence-electron chi connectivity index (χ0n) is 14.3. The van der Waals surface area contributed by atoms with Gasteiger partial charge < -0.3 is 10.1 Å². The standard InChI is InChI=1S/C20H15F2N3O2/c1-11-15-18(26)19(27)17(16-13(21)8-5-9-14(16)22)23-20(15)25(24-11)10-12-6-3-2-4-7-12/h2-9,27H,10H2,1H3,(H,23,26). The van der Waals surface area contributed by atoms with E-state index in [2.05, 4.69) is 10.1 Å². The van der Waals surface area contributed by atoms with E-state index in [-0.39, 0.29) is 16.7 Å². The molecule has 0 bridgehead atoms. The Kier molecular flexibility index (Phi) is 3.99. The molecular weight excluding hydrogens is 352 g/mol. The lowest BCUT2D eigenvalue weighted by molar-refractivity contribution is 0.469. The average Bonchev–Trinajstić information content (AvgIpc) is 2.95. The second-order valence-electron chi connectivity index (χ2n) is 6.23. The molecule has 136 valence electrons. The van der Waals surface area contributed by atoms with Crippen molar-refractivity contribution in [3.8, 4) is 17.0 Å². The second-order valence-corrected chi connectivity index (χ2v) is 6.23. The van der Waals surface area contributed by atoms with Crippen LogP contribution in [0.25, 0.3) is 22.3 Å². The van der Waals surface area contributed by atoms with E-state index in [0.29, 0.717) is 12.2 Å². The number of rotatable bonds is 3. The maximum Gasteiger partial charge on any atom is 0.235 e. The summed E-state index contributed by atoms with van der Waals surface area (Å²) in [6.45, 7) is 1.99. The van der Waals surface area contributed by atoms with E-state index in [4.69, 9.17) is 0 Å². The molecule has 0 fully saturated rings. The number of hydrogen-bond donors (Lipinski definition) is 2. The Morgan fingerprint density at radius 3 is 2.41 bits per heavy atom. The molecule has 4 rings (SSSR count). The van der Waals surface area contributed by atoms with Gasteiger partial charge in [0.2, 0.25) is 5.43 Å². The van der Waals surface area contributed by atoms with Crippen LogP contribution in [0.3, 0.4) is 0 Å². The highest BCUT2D eigenvalue weighted by Gasteiger charge is 2.22. The smallest absolute Gasteiger partial charge is 0.235 e. The Morgan fingerprint density at radius 1 is 1.07 bits per heavy atom. The van der Waals surface area contributed by atoms with Crippen LogP contribution in [-0.4, -0.2) is 19.9 Å². The molecule has 4 aromatic rings. The number of nitrogens with one attached hydrogen (secondary N) is 1. The van der Waals surface area contributed by atoms with Crippen molar-refractivity contribution in [2.24, 2.45) is 0 Å². The number of aromatic hydroxyl groups is 1. The van der Waals surface area contributed by atoms with Crippen molar-refractivity contribution in [3.05, 3.63) is 81.6 Å². The second kappa shape index (κ2) is 6.35. The van der Waals surface area contributed by atoms with E-state index >= 15 is 0 Å². The normalized spacial score (nSPS) is 11.2. The molecule has 5 nitrogen and oxygen atoms in total. The zero-order chi connectivity index (χ0) is 19.1. The largest absolute Gasteiger partial charge is 0.503 e. The summed E-state index contributed by atoms with van der Waals surface area (Å²) < 4.78 is 30.0. The first-order valence-electron chi connectivity index (χ1n) is 8.28. The number of H-pyrrole nitrogens is 1. The number of fused-ring (bicyclic) bond motifs is 1. The molecule has 0 unspecified atom stereocenters. The summed E-state index contributed by atoms with van der Waals surface area (Å²) in [6, 6.07) is 12.8. The van der Waals surface area contributed by atoms with Gasteiger partial charge in [0, 0.05) is 0 Å². The Labute approximate surface area is 152 Å². The van der Waals surface area contributed by atoms with Crippen molar-refractivity contribution in [3.63, 3.8) is 0 Å². The molecule has 2 N–H and O–H groups in total. The van der Waals surface area contributed by atoms with Crippen LogP contribution in [0.1, 0.15) is 11.3 Å².